The van der Waals surface area contributed by atoms with Crippen molar-refractivity contribution in [2.75, 3.05) is 23.7 Å². The first-order valence-corrected chi connectivity index (χ1v) is 11.8. The summed E-state index contributed by atoms with van der Waals surface area (Å²) in [5, 5.41) is 9.38. The van der Waals surface area contributed by atoms with Gasteiger partial charge in [0.05, 0.1) is 10.4 Å². The van der Waals surface area contributed by atoms with Crippen LogP contribution in [0.5, 0.6) is 11.6 Å². The molecule has 13 heteroatoms. The molecule has 0 bridgehead atoms. The Morgan fingerprint density at radius 2 is 2.06 bits per heavy atom. The van der Waals surface area contributed by atoms with E-state index in [4.69, 9.17) is 4.74 Å². The Labute approximate surface area is 207 Å². The zero-order chi connectivity index (χ0) is 25.3. The van der Waals surface area contributed by atoms with Crippen molar-refractivity contribution < 1.29 is 22.7 Å². The summed E-state index contributed by atoms with van der Waals surface area (Å²) in [6.45, 7) is 2.78. The highest BCUT2D eigenvalue weighted by Gasteiger charge is 2.33. The molecule has 3 N–H and O–H groups in total. The second-order valence-electron chi connectivity index (χ2n) is 8.07. The van der Waals surface area contributed by atoms with Gasteiger partial charge in [-0.05, 0) is 37.2 Å². The molecule has 1 amide bonds. The molecule has 5 rings (SSSR count). The Balaban J connectivity index is 1.48. The lowest BCUT2D eigenvalue weighted by molar-refractivity contribution is -0.141. The van der Waals surface area contributed by atoms with E-state index in [1.165, 1.54) is 36.7 Å². The lowest BCUT2D eigenvalue weighted by Crippen LogP contribution is -2.24. The monoisotopic (exact) mass is 515 g/mol. The minimum atomic E-state index is -4.58. The summed E-state index contributed by atoms with van der Waals surface area (Å²) in [6.07, 6.45) is -2.55. The van der Waals surface area contributed by atoms with E-state index in [1.807, 2.05) is 6.07 Å². The van der Waals surface area contributed by atoms with Crippen LogP contribution in [0.3, 0.4) is 0 Å². The lowest BCUT2D eigenvalue weighted by Gasteiger charge is -2.17. The minimum absolute atomic E-state index is 0.0580. The molecule has 4 heterocycles. The molecule has 36 heavy (non-hydrogen) atoms. The summed E-state index contributed by atoms with van der Waals surface area (Å²) in [7, 11) is 0. The molecular formula is C23H20F3N7O2S. The Bertz CT molecular complexity index is 1420. The van der Waals surface area contributed by atoms with Gasteiger partial charge >= 0.3 is 6.18 Å². The number of fused-ring (bicyclic) bond motifs is 1. The fraction of sp³-hybridized carbons (Fsp3) is 0.261. The largest absolute Gasteiger partial charge is 0.437 e. The number of rotatable bonds is 6. The third-order valence-corrected chi connectivity index (χ3v) is 6.32. The van der Waals surface area contributed by atoms with Crippen LogP contribution < -0.4 is 20.7 Å². The van der Waals surface area contributed by atoms with Gasteiger partial charge in [0, 0.05) is 31.1 Å². The van der Waals surface area contributed by atoms with Crippen molar-refractivity contribution in [1.29, 1.82) is 0 Å². The van der Waals surface area contributed by atoms with Gasteiger partial charge in [-0.1, -0.05) is 17.4 Å². The van der Waals surface area contributed by atoms with Crippen molar-refractivity contribution in [3.05, 3.63) is 48.4 Å². The van der Waals surface area contributed by atoms with Gasteiger partial charge in [0.25, 0.3) is 0 Å². The maximum absolute atomic E-state index is 13.3. The number of amides is 1. The first kappa shape index (κ1) is 23.9. The second kappa shape index (κ2) is 9.66. The number of benzene rings is 1. The van der Waals surface area contributed by atoms with E-state index in [1.54, 1.807) is 12.1 Å². The number of thiazole rings is 1. The van der Waals surface area contributed by atoms with Crippen molar-refractivity contribution in [2.24, 2.45) is 0 Å². The summed E-state index contributed by atoms with van der Waals surface area (Å²) in [5.41, 5.74) is 0.287. The van der Waals surface area contributed by atoms with Gasteiger partial charge in [0.15, 0.2) is 10.9 Å². The lowest BCUT2D eigenvalue weighted by atomic mass is 10.1. The molecule has 1 fully saturated rings. The van der Waals surface area contributed by atoms with Gasteiger partial charge in [-0.2, -0.15) is 13.2 Å². The molecule has 1 saturated heterocycles. The Kier molecular flexibility index (Phi) is 6.41. The van der Waals surface area contributed by atoms with Gasteiger partial charge in [0.1, 0.15) is 23.4 Å². The summed E-state index contributed by atoms with van der Waals surface area (Å²) >= 11 is 1.30. The standard InChI is InChI=1S/C23H20F3N7O2S/c1-12(34)30-22-33-20-16(3-2-4-17(20)36-22)35-19-9-15(28-11-29-19)14-5-6-18(23(24,25)26)32-21(14)31-13-7-8-27-10-13/h2-6,9,11,13,27H,7-8,10H2,1H3,(H,31,32)(H,30,33,34). The number of alkyl halides is 3. The van der Waals surface area contributed by atoms with E-state index < -0.39 is 11.9 Å². The first-order chi connectivity index (χ1) is 17.3. The van der Waals surface area contributed by atoms with Crippen LogP contribution in [0.25, 0.3) is 21.5 Å². The summed E-state index contributed by atoms with van der Waals surface area (Å²) < 4.78 is 46.8. The third-order valence-electron chi connectivity index (χ3n) is 5.38. The molecule has 1 unspecified atom stereocenters. The Morgan fingerprint density at radius 3 is 2.81 bits per heavy atom. The number of para-hydroxylation sites is 1. The number of halogens is 3. The number of nitrogens with one attached hydrogen (secondary N) is 3. The highest BCUT2D eigenvalue weighted by atomic mass is 32.1. The van der Waals surface area contributed by atoms with Crippen LogP contribution in [0.2, 0.25) is 0 Å². The highest BCUT2D eigenvalue weighted by molar-refractivity contribution is 7.22. The summed E-state index contributed by atoms with van der Waals surface area (Å²) in [4.78, 5) is 28.1. The molecule has 0 spiro atoms. The molecule has 3 aromatic heterocycles. The van der Waals surface area contributed by atoms with Crippen LogP contribution >= 0.6 is 11.3 Å². The van der Waals surface area contributed by atoms with E-state index in [9.17, 15) is 18.0 Å². The number of carbonyl (C=O) groups excluding carboxylic acids is 1. The molecule has 0 radical (unpaired) electrons. The van der Waals surface area contributed by atoms with E-state index in [-0.39, 0.29) is 23.6 Å². The quantitative estimate of drug-likeness (QED) is 0.339. The van der Waals surface area contributed by atoms with E-state index >= 15 is 0 Å². The zero-order valence-corrected chi connectivity index (χ0v) is 19.7. The molecular weight excluding hydrogens is 495 g/mol. The van der Waals surface area contributed by atoms with Gasteiger partial charge in [-0.15, -0.1) is 0 Å². The molecule has 9 nitrogen and oxygen atoms in total. The molecule has 1 atom stereocenters. The highest BCUT2D eigenvalue weighted by Crippen LogP contribution is 2.36. The van der Waals surface area contributed by atoms with Crippen LogP contribution in [0.1, 0.15) is 19.0 Å². The number of hydrogen-bond donors (Lipinski definition) is 3. The van der Waals surface area contributed by atoms with Gasteiger partial charge in [0.2, 0.25) is 11.8 Å². The van der Waals surface area contributed by atoms with E-state index in [0.29, 0.717) is 34.2 Å². The van der Waals surface area contributed by atoms with Crippen molar-refractivity contribution in [2.45, 2.75) is 25.6 Å². The maximum Gasteiger partial charge on any atom is 0.433 e. The number of anilines is 2. The van der Waals surface area contributed by atoms with Crippen LogP contribution in [-0.4, -0.2) is 45.0 Å². The topological polar surface area (TPSA) is 114 Å². The Hall–Kier alpha value is -3.84. The van der Waals surface area contributed by atoms with E-state index in [0.717, 1.165) is 23.7 Å². The number of pyridine rings is 1. The average molecular weight is 516 g/mol. The molecule has 0 saturated carbocycles. The fourth-order valence-electron chi connectivity index (χ4n) is 3.77. The smallest absolute Gasteiger partial charge is 0.433 e. The van der Waals surface area contributed by atoms with Gasteiger partial charge < -0.3 is 20.7 Å². The Morgan fingerprint density at radius 1 is 1.19 bits per heavy atom. The average Bonchev–Trinajstić information content (AvgIpc) is 3.48. The van der Waals surface area contributed by atoms with Crippen molar-refractivity contribution >= 4 is 38.4 Å². The number of ether oxygens (including phenoxy) is 1. The third kappa shape index (κ3) is 5.21. The SMILES string of the molecule is CC(=O)Nc1nc2c(Oc3cc(-c4ccc(C(F)(F)F)nc4NC4CCNC4)ncn3)cccc2s1. The van der Waals surface area contributed by atoms with Crippen LogP contribution in [0.15, 0.2) is 42.7 Å². The molecule has 1 aliphatic heterocycles. The summed E-state index contributed by atoms with van der Waals surface area (Å²) in [6, 6.07) is 9.08. The molecule has 186 valence electrons. The van der Waals surface area contributed by atoms with Crippen LogP contribution in [-0.2, 0) is 11.0 Å². The predicted molar refractivity (Wildman–Crippen MR) is 129 cm³/mol. The molecule has 4 aromatic rings. The zero-order valence-electron chi connectivity index (χ0n) is 18.9. The number of aromatic nitrogens is 4. The van der Waals surface area contributed by atoms with Gasteiger partial charge in [-0.25, -0.2) is 19.9 Å². The normalized spacial score (nSPS) is 15.7. The predicted octanol–water partition coefficient (Wildman–Crippen LogP) is 4.69. The van der Waals surface area contributed by atoms with Crippen LogP contribution in [0, 0.1) is 0 Å². The van der Waals surface area contributed by atoms with Crippen molar-refractivity contribution in [3.8, 4) is 22.9 Å². The van der Waals surface area contributed by atoms with Crippen molar-refractivity contribution in [3.63, 3.8) is 0 Å². The van der Waals surface area contributed by atoms with Crippen LogP contribution in [0.4, 0.5) is 24.1 Å². The number of carbonyl (C=O) groups is 1. The number of nitrogens with zero attached hydrogens (tertiary/aromatic N) is 4. The van der Waals surface area contributed by atoms with E-state index in [2.05, 4.69) is 35.9 Å². The van der Waals surface area contributed by atoms with Gasteiger partial charge in [-0.3, -0.25) is 4.79 Å². The summed E-state index contributed by atoms with van der Waals surface area (Å²) in [5.74, 6) is 0.436. The minimum Gasteiger partial charge on any atom is -0.437 e. The molecule has 1 aliphatic rings. The van der Waals surface area contributed by atoms with Crippen molar-refractivity contribution in [1.82, 2.24) is 25.3 Å². The number of hydrogen-bond acceptors (Lipinski definition) is 9. The molecule has 0 aliphatic carbocycles. The first-order valence-electron chi connectivity index (χ1n) is 11.0. The second-order valence-corrected chi connectivity index (χ2v) is 9.10. The fourth-order valence-corrected chi connectivity index (χ4v) is 4.70. The molecule has 1 aromatic carbocycles. The maximum atomic E-state index is 13.3.